The maximum atomic E-state index is 14.0. The summed E-state index contributed by atoms with van der Waals surface area (Å²) in [6.07, 6.45) is 8.83. The lowest BCUT2D eigenvalue weighted by molar-refractivity contribution is -0.136. The van der Waals surface area contributed by atoms with Gasteiger partial charge in [-0.1, -0.05) is 63.8 Å². The second kappa shape index (κ2) is 20.2. The zero-order chi connectivity index (χ0) is 48.3. The molecule has 6 N–H and O–H groups in total. The van der Waals surface area contributed by atoms with Crippen LogP contribution >= 0.6 is 0 Å². The number of benzene rings is 2. The predicted molar refractivity (Wildman–Crippen MR) is 259 cm³/mol. The van der Waals surface area contributed by atoms with Gasteiger partial charge in [0, 0.05) is 50.4 Å². The van der Waals surface area contributed by atoms with E-state index in [0.717, 1.165) is 71.0 Å². The molecule has 0 radical (unpaired) electrons. The van der Waals surface area contributed by atoms with Gasteiger partial charge in [-0.15, -0.1) is 0 Å². The van der Waals surface area contributed by atoms with Crippen molar-refractivity contribution in [3.05, 3.63) is 83.7 Å². The third-order valence-corrected chi connectivity index (χ3v) is 14.3. The van der Waals surface area contributed by atoms with Crippen LogP contribution in [0.3, 0.4) is 0 Å². The molecule has 4 atom stereocenters. The van der Waals surface area contributed by atoms with Crippen LogP contribution in [0.4, 0.5) is 9.59 Å². The minimum absolute atomic E-state index is 0.112. The first-order chi connectivity index (χ1) is 32.4. The van der Waals surface area contributed by atoms with Crippen LogP contribution in [-0.2, 0) is 9.59 Å². The lowest BCUT2D eigenvalue weighted by Crippen LogP contribution is -2.56. The molecule has 6 amide bonds. The Balaban J connectivity index is 0.857. The van der Waals surface area contributed by atoms with Crippen molar-refractivity contribution in [1.29, 1.82) is 0 Å². The van der Waals surface area contributed by atoms with E-state index >= 15 is 0 Å². The van der Waals surface area contributed by atoms with Crippen molar-refractivity contribution in [3.8, 4) is 34.4 Å². The molecule has 16 nitrogen and oxygen atoms in total. The Hall–Kier alpha value is -6.18. The maximum Gasteiger partial charge on any atom is 0.318 e. The molecule has 4 fully saturated rings. The molecule has 16 heteroatoms. The van der Waals surface area contributed by atoms with Gasteiger partial charge in [-0.25, -0.2) is 19.6 Å². The lowest BCUT2D eigenvalue weighted by Gasteiger charge is -2.37. The SMILES string of the molecule is CC(C)[C@H](NC(=O)N1CCC(C)(O)CC1)C(=O)N1CCC[C@H]1c1ncc(-c2ccc(C#Cc3ccc(-c4cnc([C@@H]5CCCN5C(=O)[C@@H](NC(=O)N5CCC(C)(O)CC5)C(C)C)[nH]4)cc3)cc2)[nH]1. The number of imidazole rings is 2. The lowest BCUT2D eigenvalue weighted by atomic mass is 9.94. The molecule has 4 aliphatic rings. The number of rotatable bonds is 10. The van der Waals surface area contributed by atoms with Crippen LogP contribution in [0.1, 0.15) is 128 Å². The number of amides is 6. The number of hydrogen-bond acceptors (Lipinski definition) is 8. The number of piperidine rings is 2. The van der Waals surface area contributed by atoms with Crippen molar-refractivity contribution >= 4 is 23.9 Å². The van der Waals surface area contributed by atoms with E-state index in [-0.39, 0.29) is 47.8 Å². The molecule has 2 aromatic heterocycles. The van der Waals surface area contributed by atoms with Crippen LogP contribution in [0.25, 0.3) is 22.5 Å². The van der Waals surface area contributed by atoms with Crippen LogP contribution in [-0.4, -0.2) is 136 Å². The molecule has 0 spiro atoms. The summed E-state index contributed by atoms with van der Waals surface area (Å²) in [6.45, 7) is 14.3. The average molecular weight is 929 g/mol. The molecule has 4 saturated heterocycles. The van der Waals surface area contributed by atoms with E-state index in [9.17, 15) is 29.4 Å². The van der Waals surface area contributed by atoms with E-state index in [2.05, 4.69) is 32.4 Å². The molecule has 68 heavy (non-hydrogen) atoms. The van der Waals surface area contributed by atoms with E-state index in [1.54, 1.807) is 36.0 Å². The van der Waals surface area contributed by atoms with E-state index < -0.39 is 23.3 Å². The Morgan fingerprint density at radius 2 is 0.956 bits per heavy atom. The first-order valence-corrected chi connectivity index (χ1v) is 24.4. The summed E-state index contributed by atoms with van der Waals surface area (Å²) in [5.74, 6) is 7.53. The van der Waals surface area contributed by atoms with Crippen molar-refractivity contribution in [2.24, 2.45) is 11.8 Å². The highest BCUT2D eigenvalue weighted by atomic mass is 16.3. The Labute approximate surface area is 399 Å². The van der Waals surface area contributed by atoms with Crippen molar-refractivity contribution in [3.63, 3.8) is 0 Å². The quantitative estimate of drug-likeness (QED) is 0.0987. The second-order valence-electron chi connectivity index (χ2n) is 20.5. The van der Waals surface area contributed by atoms with Gasteiger partial charge in [-0.2, -0.15) is 0 Å². The van der Waals surface area contributed by atoms with Gasteiger partial charge >= 0.3 is 12.1 Å². The number of aromatic nitrogens is 4. The zero-order valence-corrected chi connectivity index (χ0v) is 40.3. The summed E-state index contributed by atoms with van der Waals surface area (Å²) >= 11 is 0. The number of nitrogens with one attached hydrogen (secondary N) is 4. The molecule has 4 aliphatic heterocycles. The molecular weight excluding hydrogens is 861 g/mol. The second-order valence-corrected chi connectivity index (χ2v) is 20.5. The van der Waals surface area contributed by atoms with Gasteiger partial charge in [0.25, 0.3) is 0 Å². The summed E-state index contributed by atoms with van der Waals surface area (Å²) in [7, 11) is 0. The summed E-state index contributed by atoms with van der Waals surface area (Å²) in [5, 5.41) is 26.7. The van der Waals surface area contributed by atoms with E-state index in [0.29, 0.717) is 65.0 Å². The smallest absolute Gasteiger partial charge is 0.318 e. The topological polar surface area (TPSA) is 203 Å². The number of hydrogen-bond donors (Lipinski definition) is 6. The summed E-state index contributed by atoms with van der Waals surface area (Å²) in [5.41, 5.74) is 3.74. The van der Waals surface area contributed by atoms with Crippen molar-refractivity contribution < 1.29 is 29.4 Å². The summed E-state index contributed by atoms with van der Waals surface area (Å²) in [4.78, 5) is 77.8. The van der Waals surface area contributed by atoms with E-state index in [1.165, 1.54) is 0 Å². The average Bonchev–Trinajstić information content (AvgIpc) is 4.16. The fourth-order valence-electron chi connectivity index (χ4n) is 9.76. The van der Waals surface area contributed by atoms with Crippen molar-refractivity contribution in [2.45, 2.75) is 128 Å². The van der Waals surface area contributed by atoms with Gasteiger partial charge < -0.3 is 50.4 Å². The fourth-order valence-corrected chi connectivity index (χ4v) is 9.76. The van der Waals surface area contributed by atoms with Gasteiger partial charge in [-0.3, -0.25) is 9.59 Å². The zero-order valence-electron chi connectivity index (χ0n) is 40.3. The molecule has 6 heterocycles. The predicted octanol–water partition coefficient (Wildman–Crippen LogP) is 6.36. The Bertz CT molecular complexity index is 2310. The molecule has 2 aromatic carbocycles. The van der Waals surface area contributed by atoms with Crippen LogP contribution in [0.5, 0.6) is 0 Å². The van der Waals surface area contributed by atoms with Gasteiger partial charge in [0.05, 0.1) is 47.1 Å². The monoisotopic (exact) mass is 929 g/mol. The fraction of sp³-hybridized carbons (Fsp3) is 0.538. The van der Waals surface area contributed by atoms with E-state index in [4.69, 9.17) is 9.97 Å². The molecule has 4 aromatic rings. The molecule has 362 valence electrons. The summed E-state index contributed by atoms with van der Waals surface area (Å²) < 4.78 is 0. The van der Waals surface area contributed by atoms with Crippen LogP contribution in [0.2, 0.25) is 0 Å². The minimum Gasteiger partial charge on any atom is -0.390 e. The molecule has 0 bridgehead atoms. The molecule has 8 rings (SSSR count). The molecule has 0 aliphatic carbocycles. The number of H-pyrrole nitrogens is 2. The molecule has 0 unspecified atom stereocenters. The van der Waals surface area contributed by atoms with Gasteiger partial charge in [0.2, 0.25) is 11.8 Å². The van der Waals surface area contributed by atoms with E-state index in [1.807, 2.05) is 86.0 Å². The number of likely N-dealkylation sites (tertiary alicyclic amines) is 4. The number of nitrogens with zero attached hydrogens (tertiary/aromatic N) is 6. The number of aliphatic hydroxyl groups is 2. The highest BCUT2D eigenvalue weighted by Crippen LogP contribution is 2.35. The van der Waals surface area contributed by atoms with Crippen molar-refractivity contribution in [1.82, 2.24) is 50.2 Å². The Kier molecular flexibility index (Phi) is 14.3. The van der Waals surface area contributed by atoms with Crippen LogP contribution < -0.4 is 10.6 Å². The largest absolute Gasteiger partial charge is 0.390 e. The minimum atomic E-state index is -0.772. The van der Waals surface area contributed by atoms with Gasteiger partial charge in [0.15, 0.2) is 0 Å². The number of carbonyl (C=O) groups is 4. The highest BCUT2D eigenvalue weighted by molar-refractivity contribution is 5.88. The number of carbonyl (C=O) groups excluding carboxylic acids is 4. The molecular formula is C52H68N10O6. The summed E-state index contributed by atoms with van der Waals surface area (Å²) in [6, 6.07) is 13.6. The Morgan fingerprint density at radius 3 is 1.29 bits per heavy atom. The highest BCUT2D eigenvalue weighted by Gasteiger charge is 2.40. The first kappa shape index (κ1) is 48.3. The standard InChI is InChI=1S/C52H68N10O6/c1-33(2)43(57-49(65)59-27-21-51(5,67)22-28-59)47(63)61-25-7-9-41(61)45-53-31-39(55-45)37-17-13-35(14-18-37)11-12-36-15-19-38(20-16-36)40-32-54-46(56-40)42-10-8-26-62(42)48(64)44(34(3)4)58-50(66)60-29-23-52(6,68)24-30-60/h13-20,31-34,41-44,67-68H,7-10,21-30H2,1-6H3,(H,53,55)(H,54,56)(H,57,65)(H,58,66)/t41-,42-,43-,44-/m0/s1. The van der Waals surface area contributed by atoms with Crippen molar-refractivity contribution in [2.75, 3.05) is 39.3 Å². The Morgan fingerprint density at radius 1 is 0.603 bits per heavy atom. The first-order valence-electron chi connectivity index (χ1n) is 24.4. The normalized spacial score (nSPS) is 21.1. The third-order valence-electron chi connectivity index (χ3n) is 14.3. The number of urea groups is 2. The van der Waals surface area contributed by atoms with Crippen LogP contribution in [0.15, 0.2) is 60.9 Å². The number of aromatic amines is 2. The molecule has 0 saturated carbocycles. The maximum absolute atomic E-state index is 14.0. The van der Waals surface area contributed by atoms with Gasteiger partial charge in [0.1, 0.15) is 23.7 Å². The van der Waals surface area contributed by atoms with Crippen LogP contribution in [0, 0.1) is 23.7 Å². The van der Waals surface area contributed by atoms with Gasteiger partial charge in [-0.05, 0) is 112 Å². The third kappa shape index (κ3) is 11.1.